The van der Waals surface area contributed by atoms with E-state index in [4.69, 9.17) is 13.3 Å². The Kier molecular flexibility index (Phi) is 5.19. The molecule has 0 atom stereocenters. The Morgan fingerprint density at radius 3 is 1.60 bits per heavy atom. The van der Waals surface area contributed by atoms with Gasteiger partial charge in [-0.1, -0.05) is 15.9 Å². The van der Waals surface area contributed by atoms with Crippen molar-refractivity contribution in [3.05, 3.63) is 10.7 Å². The van der Waals surface area contributed by atoms with Crippen molar-refractivity contribution in [1.82, 2.24) is 0 Å². The Bertz CT molecular complexity index is 105. The summed E-state index contributed by atoms with van der Waals surface area (Å²) in [5.74, 6) is 0. The second-order valence-corrected chi connectivity index (χ2v) is 4.80. The van der Waals surface area contributed by atoms with Crippen LogP contribution in [-0.2, 0) is 13.3 Å². The molecule has 0 aliphatic rings. The third-order valence-corrected chi connectivity index (χ3v) is 4.16. The summed E-state index contributed by atoms with van der Waals surface area (Å²) in [6, 6.07) is 0. The maximum Gasteiger partial charge on any atom is 0.529 e. The fourth-order valence-corrected chi connectivity index (χ4v) is 2.57. The van der Waals surface area contributed by atoms with Gasteiger partial charge in [-0.3, -0.25) is 0 Å². The molecule has 0 aliphatic carbocycles. The van der Waals surface area contributed by atoms with Crippen molar-refractivity contribution in [3.63, 3.8) is 0 Å². The van der Waals surface area contributed by atoms with Crippen molar-refractivity contribution in [2.75, 3.05) is 21.3 Å². The van der Waals surface area contributed by atoms with Crippen LogP contribution >= 0.6 is 15.9 Å². The standard InChI is InChI=1S/C5H11BrO3Si/c1-7-10(8-2,9-3)5-4-6/h4-5H,1-3H3. The summed E-state index contributed by atoms with van der Waals surface area (Å²) in [5.41, 5.74) is 1.74. The summed E-state index contributed by atoms with van der Waals surface area (Å²) in [4.78, 5) is 1.68. The average Bonchev–Trinajstić information content (AvgIpc) is 2.01. The van der Waals surface area contributed by atoms with E-state index in [-0.39, 0.29) is 0 Å². The molecule has 5 heteroatoms. The average molecular weight is 227 g/mol. The number of hydrogen-bond acceptors (Lipinski definition) is 3. The van der Waals surface area contributed by atoms with Crippen LogP contribution in [-0.4, -0.2) is 30.1 Å². The van der Waals surface area contributed by atoms with Gasteiger partial charge in [-0.2, -0.15) is 0 Å². The first-order valence-corrected chi connectivity index (χ1v) is 5.40. The highest BCUT2D eigenvalue weighted by Crippen LogP contribution is 2.08. The molecule has 3 nitrogen and oxygen atoms in total. The first kappa shape index (κ1) is 10.3. The molecule has 0 rings (SSSR count). The third kappa shape index (κ3) is 2.51. The second-order valence-electron chi connectivity index (χ2n) is 1.51. The minimum Gasteiger partial charge on any atom is -0.374 e. The van der Waals surface area contributed by atoms with Crippen molar-refractivity contribution in [1.29, 1.82) is 0 Å². The fraction of sp³-hybridized carbons (Fsp3) is 0.600. The molecule has 10 heavy (non-hydrogen) atoms. The normalized spacial score (nSPS) is 12.8. The molecule has 0 fully saturated rings. The second kappa shape index (κ2) is 5.03. The Morgan fingerprint density at radius 1 is 1.10 bits per heavy atom. The van der Waals surface area contributed by atoms with Crippen LogP contribution in [0.1, 0.15) is 0 Å². The van der Waals surface area contributed by atoms with Crippen molar-refractivity contribution in [2.24, 2.45) is 0 Å². The van der Waals surface area contributed by atoms with Crippen molar-refractivity contribution >= 4 is 24.7 Å². The molecule has 0 N–H and O–H groups in total. The molecular formula is C5H11BrO3Si. The van der Waals surface area contributed by atoms with E-state index in [1.54, 1.807) is 32.0 Å². The smallest absolute Gasteiger partial charge is 0.374 e. The van der Waals surface area contributed by atoms with E-state index in [0.717, 1.165) is 0 Å². The van der Waals surface area contributed by atoms with Crippen LogP contribution in [0.2, 0.25) is 0 Å². The predicted molar refractivity (Wildman–Crippen MR) is 44.8 cm³/mol. The van der Waals surface area contributed by atoms with Crippen LogP contribution in [0.4, 0.5) is 0 Å². The Morgan fingerprint density at radius 2 is 1.50 bits per heavy atom. The van der Waals surface area contributed by atoms with Crippen LogP contribution in [0.3, 0.4) is 0 Å². The predicted octanol–water partition coefficient (Wildman–Crippen LogP) is 1.31. The van der Waals surface area contributed by atoms with Gasteiger partial charge in [0, 0.05) is 21.3 Å². The molecule has 0 aromatic heterocycles. The summed E-state index contributed by atoms with van der Waals surface area (Å²) < 4.78 is 15.2. The molecule has 0 unspecified atom stereocenters. The van der Waals surface area contributed by atoms with Gasteiger partial charge in [0.1, 0.15) is 0 Å². The molecule has 0 amide bonds. The number of rotatable bonds is 4. The molecular weight excluding hydrogens is 216 g/mol. The SMILES string of the molecule is CO[Si](C=CBr)(OC)OC. The minimum atomic E-state index is -2.44. The zero-order valence-electron chi connectivity index (χ0n) is 6.26. The topological polar surface area (TPSA) is 27.7 Å². The van der Waals surface area contributed by atoms with E-state index < -0.39 is 8.80 Å². The van der Waals surface area contributed by atoms with Crippen LogP contribution in [0.25, 0.3) is 0 Å². The minimum absolute atomic E-state index is 1.56. The Hall–Kier alpha value is 0.317. The molecule has 60 valence electrons. The lowest BCUT2D eigenvalue weighted by Crippen LogP contribution is -2.40. The highest BCUT2D eigenvalue weighted by molar-refractivity contribution is 9.11. The van der Waals surface area contributed by atoms with Crippen LogP contribution in [0.15, 0.2) is 10.7 Å². The van der Waals surface area contributed by atoms with Crippen LogP contribution in [0.5, 0.6) is 0 Å². The van der Waals surface area contributed by atoms with Gasteiger partial charge in [0.2, 0.25) is 0 Å². The Labute approximate surface area is 70.5 Å². The zero-order chi connectivity index (χ0) is 8.04. The van der Waals surface area contributed by atoms with Gasteiger partial charge in [0.25, 0.3) is 0 Å². The summed E-state index contributed by atoms with van der Waals surface area (Å²) >= 11 is 3.12. The summed E-state index contributed by atoms with van der Waals surface area (Å²) in [6.07, 6.45) is 0. The number of halogens is 1. The van der Waals surface area contributed by atoms with Gasteiger partial charge in [0.15, 0.2) is 0 Å². The van der Waals surface area contributed by atoms with E-state index >= 15 is 0 Å². The largest absolute Gasteiger partial charge is 0.529 e. The Balaban J connectivity index is 4.15. The summed E-state index contributed by atoms with van der Waals surface area (Å²) in [5, 5.41) is 0. The van der Waals surface area contributed by atoms with Gasteiger partial charge in [-0.05, 0) is 10.7 Å². The molecule has 0 saturated heterocycles. The number of hydrogen-bond donors (Lipinski definition) is 0. The summed E-state index contributed by atoms with van der Waals surface area (Å²) in [6.45, 7) is 0. The van der Waals surface area contributed by atoms with Crippen molar-refractivity contribution in [3.8, 4) is 0 Å². The van der Waals surface area contributed by atoms with Crippen LogP contribution < -0.4 is 0 Å². The van der Waals surface area contributed by atoms with E-state index in [1.165, 1.54) is 0 Å². The van der Waals surface area contributed by atoms with Gasteiger partial charge in [-0.25, -0.2) is 0 Å². The lowest BCUT2D eigenvalue weighted by molar-refractivity contribution is 0.138. The molecule has 0 aromatic carbocycles. The van der Waals surface area contributed by atoms with Gasteiger partial charge < -0.3 is 13.3 Å². The maximum atomic E-state index is 5.05. The van der Waals surface area contributed by atoms with E-state index in [1.807, 2.05) is 0 Å². The maximum absolute atomic E-state index is 5.05. The molecule has 0 heterocycles. The van der Waals surface area contributed by atoms with Crippen molar-refractivity contribution in [2.45, 2.75) is 0 Å². The van der Waals surface area contributed by atoms with E-state index in [2.05, 4.69) is 15.9 Å². The molecule has 0 spiro atoms. The lowest BCUT2D eigenvalue weighted by Gasteiger charge is -2.19. The van der Waals surface area contributed by atoms with Gasteiger partial charge in [0.05, 0.1) is 0 Å². The van der Waals surface area contributed by atoms with E-state index in [9.17, 15) is 0 Å². The molecule has 0 aromatic rings. The molecule has 0 bridgehead atoms. The molecule has 0 saturated carbocycles. The zero-order valence-corrected chi connectivity index (χ0v) is 8.84. The summed E-state index contributed by atoms with van der Waals surface area (Å²) in [7, 11) is 2.24. The third-order valence-electron chi connectivity index (χ3n) is 1.12. The van der Waals surface area contributed by atoms with Crippen molar-refractivity contribution < 1.29 is 13.3 Å². The fourth-order valence-electron chi connectivity index (χ4n) is 0.531. The molecule has 0 radical (unpaired) electrons. The first-order valence-electron chi connectivity index (χ1n) is 2.68. The van der Waals surface area contributed by atoms with Gasteiger partial charge in [-0.15, -0.1) is 0 Å². The highest BCUT2D eigenvalue weighted by atomic mass is 79.9. The van der Waals surface area contributed by atoms with E-state index in [0.29, 0.717) is 0 Å². The first-order chi connectivity index (χ1) is 4.74. The lowest BCUT2D eigenvalue weighted by atomic mass is 11.3. The molecule has 0 aliphatic heterocycles. The van der Waals surface area contributed by atoms with Gasteiger partial charge >= 0.3 is 8.80 Å². The van der Waals surface area contributed by atoms with Crippen LogP contribution in [0, 0.1) is 0 Å². The quantitative estimate of drug-likeness (QED) is 0.678. The monoisotopic (exact) mass is 226 g/mol. The highest BCUT2D eigenvalue weighted by Gasteiger charge is 2.33.